The molecule has 1 heterocycles. The van der Waals surface area contributed by atoms with Crippen molar-refractivity contribution in [2.75, 3.05) is 0 Å². The second-order valence-corrected chi connectivity index (χ2v) is 6.73. The monoisotopic (exact) mass is 330 g/mol. The second-order valence-electron chi connectivity index (χ2n) is 4.36. The van der Waals surface area contributed by atoms with Crippen molar-refractivity contribution < 1.29 is 4.79 Å². The SMILES string of the molecule is Cn1cccc1[C@@H](NC(=O)c1ccccc1)C(Cl)(Cl)Cl. The van der Waals surface area contributed by atoms with E-state index in [1.54, 1.807) is 34.9 Å². The number of carbonyl (C=O) groups excluding carboxylic acids is 1. The Hall–Kier alpha value is -1.16. The summed E-state index contributed by atoms with van der Waals surface area (Å²) in [5.41, 5.74) is 1.23. The lowest BCUT2D eigenvalue weighted by Gasteiger charge is -2.26. The molecule has 0 aliphatic heterocycles. The number of amides is 1. The fraction of sp³-hybridized carbons (Fsp3) is 0.214. The molecule has 0 saturated heterocycles. The molecule has 0 aliphatic carbocycles. The lowest BCUT2D eigenvalue weighted by molar-refractivity contribution is 0.0935. The van der Waals surface area contributed by atoms with Crippen LogP contribution in [0.25, 0.3) is 0 Å². The first-order valence-electron chi connectivity index (χ1n) is 5.93. The number of aromatic nitrogens is 1. The molecule has 0 radical (unpaired) electrons. The van der Waals surface area contributed by atoms with Crippen molar-refractivity contribution >= 4 is 40.7 Å². The van der Waals surface area contributed by atoms with Gasteiger partial charge in [0.25, 0.3) is 5.91 Å². The minimum absolute atomic E-state index is 0.289. The van der Waals surface area contributed by atoms with Gasteiger partial charge in [0.1, 0.15) is 6.04 Å². The molecule has 2 rings (SSSR count). The molecule has 0 unspecified atom stereocenters. The topological polar surface area (TPSA) is 34.0 Å². The summed E-state index contributed by atoms with van der Waals surface area (Å²) in [5, 5.41) is 2.76. The van der Waals surface area contributed by atoms with E-state index >= 15 is 0 Å². The Kier molecular flexibility index (Phi) is 4.63. The number of carbonyl (C=O) groups is 1. The number of hydrogen-bond acceptors (Lipinski definition) is 1. The molecule has 0 fully saturated rings. The normalized spacial score (nSPS) is 13.0. The number of alkyl halides is 3. The predicted octanol–water partition coefficient (Wildman–Crippen LogP) is 3.87. The first kappa shape index (κ1) is 15.2. The highest BCUT2D eigenvalue weighted by atomic mass is 35.6. The Morgan fingerprint density at radius 3 is 2.30 bits per heavy atom. The fourth-order valence-electron chi connectivity index (χ4n) is 1.90. The molecule has 2 aromatic rings. The van der Waals surface area contributed by atoms with E-state index in [0.29, 0.717) is 11.3 Å². The van der Waals surface area contributed by atoms with Gasteiger partial charge in [-0.05, 0) is 24.3 Å². The summed E-state index contributed by atoms with van der Waals surface area (Å²) in [4.78, 5) is 12.2. The molecule has 20 heavy (non-hydrogen) atoms. The van der Waals surface area contributed by atoms with Gasteiger partial charge in [0.15, 0.2) is 0 Å². The third-order valence-corrected chi connectivity index (χ3v) is 3.57. The van der Waals surface area contributed by atoms with Crippen molar-refractivity contribution in [1.29, 1.82) is 0 Å². The first-order chi connectivity index (χ1) is 9.39. The fourth-order valence-corrected chi connectivity index (χ4v) is 2.40. The average molecular weight is 332 g/mol. The van der Waals surface area contributed by atoms with Crippen LogP contribution in [0.15, 0.2) is 48.7 Å². The van der Waals surface area contributed by atoms with Crippen molar-refractivity contribution in [2.24, 2.45) is 7.05 Å². The van der Waals surface area contributed by atoms with Gasteiger partial charge in [-0.3, -0.25) is 4.79 Å². The molecular formula is C14H13Cl3N2O. The maximum absolute atomic E-state index is 12.2. The largest absolute Gasteiger partial charge is 0.353 e. The number of hydrogen-bond donors (Lipinski definition) is 1. The number of halogens is 3. The quantitative estimate of drug-likeness (QED) is 0.851. The molecule has 6 heteroatoms. The summed E-state index contributed by atoms with van der Waals surface area (Å²) in [6.45, 7) is 0. The summed E-state index contributed by atoms with van der Waals surface area (Å²) >= 11 is 18.0. The predicted molar refractivity (Wildman–Crippen MR) is 82.4 cm³/mol. The van der Waals surface area contributed by atoms with Gasteiger partial charge in [-0.1, -0.05) is 53.0 Å². The van der Waals surface area contributed by atoms with Crippen LogP contribution in [0.4, 0.5) is 0 Å². The lowest BCUT2D eigenvalue weighted by Crippen LogP contribution is -2.37. The number of rotatable bonds is 3. The van der Waals surface area contributed by atoms with Crippen LogP contribution in [0.3, 0.4) is 0 Å². The molecular weight excluding hydrogens is 319 g/mol. The van der Waals surface area contributed by atoms with Crippen LogP contribution < -0.4 is 5.32 Å². The minimum Gasteiger partial charge on any atom is -0.353 e. The number of aryl methyl sites for hydroxylation is 1. The molecule has 1 N–H and O–H groups in total. The molecule has 3 nitrogen and oxygen atoms in total. The van der Waals surface area contributed by atoms with E-state index in [1.165, 1.54) is 0 Å². The van der Waals surface area contributed by atoms with Crippen LogP contribution in [0, 0.1) is 0 Å². The molecule has 0 spiro atoms. The van der Waals surface area contributed by atoms with Crippen molar-refractivity contribution in [3.05, 3.63) is 59.9 Å². The van der Waals surface area contributed by atoms with Crippen LogP contribution in [-0.4, -0.2) is 14.3 Å². The maximum atomic E-state index is 12.2. The van der Waals surface area contributed by atoms with Gasteiger partial charge >= 0.3 is 0 Å². The highest BCUT2D eigenvalue weighted by Gasteiger charge is 2.36. The smallest absolute Gasteiger partial charge is 0.251 e. The van der Waals surface area contributed by atoms with Crippen molar-refractivity contribution in [1.82, 2.24) is 9.88 Å². The van der Waals surface area contributed by atoms with Crippen LogP contribution in [0.1, 0.15) is 22.1 Å². The molecule has 106 valence electrons. The van der Waals surface area contributed by atoms with Gasteiger partial charge in [-0.15, -0.1) is 0 Å². The number of benzene rings is 1. The van der Waals surface area contributed by atoms with Gasteiger partial charge in [0, 0.05) is 24.5 Å². The molecule has 1 aromatic heterocycles. The summed E-state index contributed by atoms with van der Waals surface area (Å²) < 4.78 is 0.161. The van der Waals surface area contributed by atoms with Crippen LogP contribution in [0.2, 0.25) is 0 Å². The summed E-state index contributed by atoms with van der Waals surface area (Å²) in [5.74, 6) is -0.289. The first-order valence-corrected chi connectivity index (χ1v) is 7.07. The van der Waals surface area contributed by atoms with E-state index in [2.05, 4.69) is 5.32 Å². The van der Waals surface area contributed by atoms with Gasteiger partial charge in [0.2, 0.25) is 3.79 Å². The third kappa shape index (κ3) is 3.48. The molecule has 0 aliphatic rings. The van der Waals surface area contributed by atoms with E-state index in [-0.39, 0.29) is 5.91 Å². The van der Waals surface area contributed by atoms with Gasteiger partial charge < -0.3 is 9.88 Å². The number of nitrogens with one attached hydrogen (secondary N) is 1. The lowest BCUT2D eigenvalue weighted by atomic mass is 10.1. The molecule has 1 amide bonds. The number of nitrogens with zero attached hydrogens (tertiary/aromatic N) is 1. The molecule has 1 atom stereocenters. The van der Waals surface area contributed by atoms with Crippen molar-refractivity contribution in [3.63, 3.8) is 0 Å². The van der Waals surface area contributed by atoms with Gasteiger partial charge in [-0.25, -0.2) is 0 Å². The van der Waals surface area contributed by atoms with Crippen LogP contribution in [0.5, 0.6) is 0 Å². The zero-order valence-electron chi connectivity index (χ0n) is 10.7. The maximum Gasteiger partial charge on any atom is 0.251 e. The van der Waals surface area contributed by atoms with Crippen molar-refractivity contribution in [3.8, 4) is 0 Å². The van der Waals surface area contributed by atoms with Gasteiger partial charge in [-0.2, -0.15) is 0 Å². The van der Waals surface area contributed by atoms with E-state index in [0.717, 1.165) is 0 Å². The Labute approximate surface area is 132 Å². The molecule has 0 saturated carbocycles. The Morgan fingerprint density at radius 1 is 1.15 bits per heavy atom. The molecule has 0 bridgehead atoms. The van der Waals surface area contributed by atoms with E-state index in [9.17, 15) is 4.79 Å². The standard InChI is InChI=1S/C14H13Cl3N2O/c1-19-9-5-8-11(19)12(14(15,16)17)18-13(20)10-6-3-2-4-7-10/h2-9,12H,1H3,(H,18,20)/t12-/m1/s1. The van der Waals surface area contributed by atoms with Crippen molar-refractivity contribution in [2.45, 2.75) is 9.83 Å². The Balaban J connectivity index is 2.26. The van der Waals surface area contributed by atoms with Crippen LogP contribution >= 0.6 is 34.8 Å². The zero-order valence-corrected chi connectivity index (χ0v) is 13.0. The van der Waals surface area contributed by atoms with E-state index in [1.807, 2.05) is 25.4 Å². The summed E-state index contributed by atoms with van der Waals surface area (Å²) in [6.07, 6.45) is 1.83. The van der Waals surface area contributed by atoms with E-state index in [4.69, 9.17) is 34.8 Å². The Bertz CT molecular complexity index is 590. The van der Waals surface area contributed by atoms with Crippen LogP contribution in [-0.2, 0) is 7.05 Å². The average Bonchev–Trinajstić information content (AvgIpc) is 2.81. The summed E-state index contributed by atoms with van der Waals surface area (Å²) in [6, 6.07) is 11.7. The highest BCUT2D eigenvalue weighted by Crippen LogP contribution is 2.39. The van der Waals surface area contributed by atoms with Gasteiger partial charge in [0.05, 0.1) is 0 Å². The minimum atomic E-state index is -1.64. The summed E-state index contributed by atoms with van der Waals surface area (Å²) in [7, 11) is 1.83. The second kappa shape index (κ2) is 6.08. The van der Waals surface area contributed by atoms with E-state index < -0.39 is 9.83 Å². The Morgan fingerprint density at radius 2 is 1.80 bits per heavy atom. The zero-order chi connectivity index (χ0) is 14.8. The third-order valence-electron chi connectivity index (χ3n) is 2.92. The molecule has 1 aromatic carbocycles. The highest BCUT2D eigenvalue weighted by molar-refractivity contribution is 6.68.